The molecule has 0 fully saturated rings. The molecule has 0 saturated heterocycles. The summed E-state index contributed by atoms with van der Waals surface area (Å²) in [6, 6.07) is 15.5. The molecule has 2 heterocycles. The lowest BCUT2D eigenvalue weighted by molar-refractivity contribution is 0.0600. The molecule has 0 radical (unpaired) electrons. The van der Waals surface area contributed by atoms with E-state index in [4.69, 9.17) is 9.47 Å². The highest BCUT2D eigenvalue weighted by Crippen LogP contribution is 2.32. The van der Waals surface area contributed by atoms with Gasteiger partial charge in [-0.05, 0) is 54.8 Å². The molecule has 0 bridgehead atoms. The SMILES string of the molecule is COC(=O)c1ccc(Cn2c(C)c(C)c3nccc(OCc4ccc(F)cc4)c32)cc1.Cl. The summed E-state index contributed by atoms with van der Waals surface area (Å²) in [5, 5.41) is 0. The predicted molar refractivity (Wildman–Crippen MR) is 124 cm³/mol. The summed E-state index contributed by atoms with van der Waals surface area (Å²) in [6.45, 7) is 5.04. The molecule has 0 aliphatic heterocycles. The predicted octanol–water partition coefficient (Wildman–Crippen LogP) is 5.63. The molecule has 166 valence electrons. The molecule has 0 amide bonds. The number of rotatable bonds is 6. The molecule has 5 nitrogen and oxygen atoms in total. The topological polar surface area (TPSA) is 53.4 Å². The van der Waals surface area contributed by atoms with Crippen molar-refractivity contribution < 1.29 is 18.7 Å². The van der Waals surface area contributed by atoms with Crippen LogP contribution in [0.4, 0.5) is 4.39 Å². The first-order valence-electron chi connectivity index (χ1n) is 9.97. The molecule has 0 saturated carbocycles. The van der Waals surface area contributed by atoms with Crippen molar-refractivity contribution in [1.29, 1.82) is 0 Å². The summed E-state index contributed by atoms with van der Waals surface area (Å²) in [5.74, 6) is 0.0933. The minimum atomic E-state index is -0.356. The van der Waals surface area contributed by atoms with Crippen molar-refractivity contribution >= 4 is 29.4 Å². The first-order chi connectivity index (χ1) is 15.0. The summed E-state index contributed by atoms with van der Waals surface area (Å²) >= 11 is 0. The lowest BCUT2D eigenvalue weighted by Crippen LogP contribution is -2.05. The molecule has 0 aliphatic rings. The molecule has 32 heavy (non-hydrogen) atoms. The molecule has 0 atom stereocenters. The van der Waals surface area contributed by atoms with Gasteiger partial charge in [-0.3, -0.25) is 4.98 Å². The quantitative estimate of drug-likeness (QED) is 0.354. The fourth-order valence-corrected chi connectivity index (χ4v) is 3.62. The number of carbonyl (C=O) groups is 1. The summed E-state index contributed by atoms with van der Waals surface area (Å²) in [6.07, 6.45) is 1.74. The third kappa shape index (κ3) is 4.60. The van der Waals surface area contributed by atoms with Gasteiger partial charge in [0.15, 0.2) is 0 Å². The van der Waals surface area contributed by atoms with Gasteiger partial charge in [-0.2, -0.15) is 0 Å². The number of aromatic nitrogens is 2. The third-order valence-corrected chi connectivity index (χ3v) is 5.48. The van der Waals surface area contributed by atoms with Gasteiger partial charge < -0.3 is 14.0 Å². The fourth-order valence-electron chi connectivity index (χ4n) is 3.62. The van der Waals surface area contributed by atoms with Crippen LogP contribution >= 0.6 is 12.4 Å². The van der Waals surface area contributed by atoms with Crippen molar-refractivity contribution in [1.82, 2.24) is 9.55 Å². The van der Waals surface area contributed by atoms with Crippen LogP contribution in [0, 0.1) is 19.7 Å². The van der Waals surface area contributed by atoms with Crippen LogP contribution < -0.4 is 4.74 Å². The number of halogens is 2. The maximum absolute atomic E-state index is 13.2. The van der Waals surface area contributed by atoms with Crippen molar-refractivity contribution in [3.8, 4) is 5.75 Å². The summed E-state index contributed by atoms with van der Waals surface area (Å²) in [4.78, 5) is 16.3. The number of carbonyl (C=O) groups excluding carboxylic acids is 1. The second-order valence-electron chi connectivity index (χ2n) is 7.41. The summed E-state index contributed by atoms with van der Waals surface area (Å²) in [5.41, 5.74) is 6.43. The molecule has 0 aliphatic carbocycles. The number of hydrogen-bond acceptors (Lipinski definition) is 4. The van der Waals surface area contributed by atoms with E-state index in [2.05, 4.69) is 16.5 Å². The number of esters is 1. The Hall–Kier alpha value is -3.38. The molecule has 0 N–H and O–H groups in total. The number of benzene rings is 2. The maximum Gasteiger partial charge on any atom is 0.337 e. The number of pyridine rings is 1. The molecule has 4 aromatic rings. The lowest BCUT2D eigenvalue weighted by atomic mass is 10.1. The van der Waals surface area contributed by atoms with Crippen LogP contribution in [0.15, 0.2) is 60.8 Å². The maximum atomic E-state index is 13.2. The molecule has 2 aromatic carbocycles. The van der Waals surface area contributed by atoms with Gasteiger partial charge in [0.1, 0.15) is 23.7 Å². The van der Waals surface area contributed by atoms with E-state index in [9.17, 15) is 9.18 Å². The Bertz CT molecular complexity index is 1240. The molecule has 0 spiro atoms. The fraction of sp³-hybridized carbons (Fsp3) is 0.200. The van der Waals surface area contributed by atoms with Crippen LogP contribution in [-0.2, 0) is 17.9 Å². The Morgan fingerprint density at radius 2 is 1.66 bits per heavy atom. The zero-order chi connectivity index (χ0) is 22.0. The average molecular weight is 455 g/mol. The van der Waals surface area contributed by atoms with E-state index in [1.54, 1.807) is 30.5 Å². The van der Waals surface area contributed by atoms with Crippen molar-refractivity contribution in [2.45, 2.75) is 27.0 Å². The number of ether oxygens (including phenoxy) is 2. The Morgan fingerprint density at radius 3 is 2.31 bits per heavy atom. The highest BCUT2D eigenvalue weighted by molar-refractivity contribution is 5.89. The van der Waals surface area contributed by atoms with E-state index in [0.717, 1.165) is 39.2 Å². The van der Waals surface area contributed by atoms with E-state index in [-0.39, 0.29) is 24.2 Å². The summed E-state index contributed by atoms with van der Waals surface area (Å²) < 4.78 is 26.2. The number of fused-ring (bicyclic) bond motifs is 1. The van der Waals surface area contributed by atoms with Gasteiger partial charge in [-0.15, -0.1) is 12.4 Å². The Balaban J connectivity index is 0.00000289. The number of aryl methyl sites for hydroxylation is 1. The number of hydrogen-bond donors (Lipinski definition) is 0. The summed E-state index contributed by atoms with van der Waals surface area (Å²) in [7, 11) is 1.37. The van der Waals surface area contributed by atoms with E-state index < -0.39 is 0 Å². The van der Waals surface area contributed by atoms with Gasteiger partial charge in [0, 0.05) is 24.5 Å². The van der Waals surface area contributed by atoms with Crippen LogP contribution in [0.3, 0.4) is 0 Å². The van der Waals surface area contributed by atoms with Gasteiger partial charge >= 0.3 is 5.97 Å². The number of methoxy groups -OCH3 is 1. The van der Waals surface area contributed by atoms with Crippen LogP contribution in [0.5, 0.6) is 5.75 Å². The van der Waals surface area contributed by atoms with Gasteiger partial charge in [0.05, 0.1) is 18.2 Å². The van der Waals surface area contributed by atoms with Crippen LogP contribution in [-0.4, -0.2) is 22.6 Å². The van der Waals surface area contributed by atoms with Crippen LogP contribution in [0.2, 0.25) is 0 Å². The van der Waals surface area contributed by atoms with E-state index >= 15 is 0 Å². The van der Waals surface area contributed by atoms with Crippen molar-refractivity contribution in [2.75, 3.05) is 7.11 Å². The molecule has 2 aromatic heterocycles. The Morgan fingerprint density at radius 1 is 1.00 bits per heavy atom. The van der Waals surface area contributed by atoms with Crippen molar-refractivity contribution in [3.63, 3.8) is 0 Å². The molecule has 7 heteroatoms. The first kappa shape index (κ1) is 23.3. The highest BCUT2D eigenvalue weighted by Gasteiger charge is 2.17. The van der Waals surface area contributed by atoms with Gasteiger partial charge in [0.2, 0.25) is 0 Å². The Labute approximate surface area is 192 Å². The molecule has 0 unspecified atom stereocenters. The monoisotopic (exact) mass is 454 g/mol. The third-order valence-electron chi connectivity index (χ3n) is 5.48. The zero-order valence-electron chi connectivity index (χ0n) is 18.1. The minimum Gasteiger partial charge on any atom is -0.487 e. The smallest absolute Gasteiger partial charge is 0.337 e. The second-order valence-corrected chi connectivity index (χ2v) is 7.41. The molecular formula is C25H24ClFN2O3. The molecular weight excluding hydrogens is 431 g/mol. The highest BCUT2D eigenvalue weighted by atomic mass is 35.5. The largest absolute Gasteiger partial charge is 0.487 e. The van der Waals surface area contributed by atoms with E-state index in [1.165, 1.54) is 19.2 Å². The standard InChI is InChI=1S/C25H23FN2O3.ClH/c1-16-17(2)28(14-18-4-8-20(9-5-18)25(29)30-3)24-22(12-13-27-23(16)24)31-15-19-6-10-21(26)11-7-19;/h4-13H,14-15H2,1-3H3;1H. The van der Waals surface area contributed by atoms with E-state index in [0.29, 0.717) is 18.7 Å². The van der Waals surface area contributed by atoms with Gasteiger partial charge in [-0.1, -0.05) is 24.3 Å². The van der Waals surface area contributed by atoms with Crippen LogP contribution in [0.25, 0.3) is 11.0 Å². The molecule has 4 rings (SSSR count). The first-order valence-corrected chi connectivity index (χ1v) is 9.97. The van der Waals surface area contributed by atoms with Crippen LogP contribution in [0.1, 0.15) is 32.7 Å². The second kappa shape index (κ2) is 9.83. The van der Waals surface area contributed by atoms with Crippen molar-refractivity contribution in [2.24, 2.45) is 0 Å². The van der Waals surface area contributed by atoms with Crippen molar-refractivity contribution in [3.05, 3.63) is 94.6 Å². The van der Waals surface area contributed by atoms with E-state index in [1.807, 2.05) is 25.1 Å². The number of nitrogens with zero attached hydrogens (tertiary/aromatic N) is 2. The van der Waals surface area contributed by atoms with Gasteiger partial charge in [-0.25, -0.2) is 9.18 Å². The Kier molecular flexibility index (Phi) is 7.15. The minimum absolute atomic E-state index is 0. The zero-order valence-corrected chi connectivity index (χ0v) is 18.9. The lowest BCUT2D eigenvalue weighted by Gasteiger charge is -2.13. The average Bonchev–Trinajstić information content (AvgIpc) is 3.04. The normalized spacial score (nSPS) is 10.6. The van der Waals surface area contributed by atoms with Gasteiger partial charge in [0.25, 0.3) is 0 Å².